The first-order valence-corrected chi connectivity index (χ1v) is 4.27. The minimum Gasteiger partial charge on any atom is -0.468 e. The quantitative estimate of drug-likeness (QED) is 0.468. The van der Waals surface area contributed by atoms with Crippen molar-refractivity contribution >= 4 is 5.97 Å². The molecule has 0 aliphatic rings. The first kappa shape index (κ1) is 13.2. The van der Waals surface area contributed by atoms with Crippen LogP contribution < -0.4 is 4.74 Å². The fourth-order valence-electron chi connectivity index (χ4n) is 0.709. The molecular formula is C11H14O4. The van der Waals surface area contributed by atoms with Gasteiger partial charge in [0.15, 0.2) is 6.79 Å². The summed E-state index contributed by atoms with van der Waals surface area (Å²) in [6, 6.07) is 9.17. The molecule has 0 heterocycles. The van der Waals surface area contributed by atoms with Crippen LogP contribution in [-0.4, -0.2) is 17.9 Å². The summed E-state index contributed by atoms with van der Waals surface area (Å²) < 4.78 is 8.93. The van der Waals surface area contributed by atoms with Crippen LogP contribution in [0.2, 0.25) is 0 Å². The first-order chi connectivity index (χ1) is 7.20. The van der Waals surface area contributed by atoms with E-state index >= 15 is 0 Å². The third-order valence-electron chi connectivity index (χ3n) is 1.22. The second-order valence-corrected chi connectivity index (χ2v) is 2.36. The lowest BCUT2D eigenvalue weighted by Gasteiger charge is -1.98. The van der Waals surface area contributed by atoms with E-state index in [0.717, 1.165) is 6.26 Å². The average Bonchev–Trinajstić information content (AvgIpc) is 2.20. The molecule has 4 heteroatoms. The van der Waals surface area contributed by atoms with E-state index in [1.807, 2.05) is 18.2 Å². The molecule has 0 radical (unpaired) electrons. The molecule has 0 saturated carbocycles. The van der Waals surface area contributed by atoms with E-state index in [1.54, 1.807) is 12.1 Å². The summed E-state index contributed by atoms with van der Waals surface area (Å²) in [4.78, 5) is 9.75. The van der Waals surface area contributed by atoms with Gasteiger partial charge in [-0.1, -0.05) is 24.8 Å². The number of para-hydroxylation sites is 1. The molecule has 0 fully saturated rings. The molecule has 0 saturated heterocycles. The van der Waals surface area contributed by atoms with Gasteiger partial charge < -0.3 is 14.6 Å². The fraction of sp³-hybridized carbons (Fsp3) is 0.182. The molecule has 1 aromatic carbocycles. The summed E-state index contributed by atoms with van der Waals surface area (Å²) in [7, 11) is 0. The highest BCUT2D eigenvalue weighted by Crippen LogP contribution is 2.06. The van der Waals surface area contributed by atoms with E-state index in [2.05, 4.69) is 11.3 Å². The van der Waals surface area contributed by atoms with Crippen LogP contribution in [0, 0.1) is 0 Å². The van der Waals surface area contributed by atoms with Crippen LogP contribution in [0.3, 0.4) is 0 Å². The maximum Gasteiger partial charge on any atom is 0.307 e. The van der Waals surface area contributed by atoms with Gasteiger partial charge in [-0.15, -0.1) is 0 Å². The molecule has 1 rings (SSSR count). The highest BCUT2D eigenvalue weighted by atomic mass is 16.6. The van der Waals surface area contributed by atoms with E-state index < -0.39 is 0 Å². The van der Waals surface area contributed by atoms with Gasteiger partial charge in [0, 0.05) is 6.92 Å². The van der Waals surface area contributed by atoms with E-state index in [4.69, 9.17) is 9.84 Å². The van der Waals surface area contributed by atoms with Crippen LogP contribution in [0.4, 0.5) is 0 Å². The molecule has 4 nitrogen and oxygen atoms in total. The molecule has 0 spiro atoms. The van der Waals surface area contributed by atoms with Gasteiger partial charge in [-0.2, -0.15) is 0 Å². The van der Waals surface area contributed by atoms with Gasteiger partial charge in [-0.05, 0) is 12.1 Å². The van der Waals surface area contributed by atoms with E-state index in [0.29, 0.717) is 5.75 Å². The van der Waals surface area contributed by atoms with Crippen molar-refractivity contribution in [2.75, 3.05) is 6.79 Å². The van der Waals surface area contributed by atoms with Gasteiger partial charge in [-0.25, -0.2) is 0 Å². The number of carbonyl (C=O) groups excluding carboxylic acids is 1. The van der Waals surface area contributed by atoms with Gasteiger partial charge in [0.1, 0.15) is 5.75 Å². The van der Waals surface area contributed by atoms with Gasteiger partial charge in [0.25, 0.3) is 0 Å². The molecule has 0 atom stereocenters. The van der Waals surface area contributed by atoms with Crippen molar-refractivity contribution in [1.82, 2.24) is 0 Å². The van der Waals surface area contributed by atoms with Gasteiger partial charge in [-0.3, -0.25) is 4.79 Å². The number of benzene rings is 1. The van der Waals surface area contributed by atoms with Gasteiger partial charge in [0.2, 0.25) is 0 Å². The molecule has 0 aliphatic heterocycles. The largest absolute Gasteiger partial charge is 0.468 e. The minimum absolute atomic E-state index is 0.260. The molecular weight excluding hydrogens is 196 g/mol. The lowest BCUT2D eigenvalue weighted by molar-refractivity contribution is -0.135. The van der Waals surface area contributed by atoms with Crippen molar-refractivity contribution in [3.05, 3.63) is 43.2 Å². The van der Waals surface area contributed by atoms with Crippen molar-refractivity contribution in [3.63, 3.8) is 0 Å². The average molecular weight is 210 g/mol. The van der Waals surface area contributed by atoms with Crippen LogP contribution in [0.1, 0.15) is 6.92 Å². The Morgan fingerprint density at radius 2 is 2.07 bits per heavy atom. The lowest BCUT2D eigenvalue weighted by Crippen LogP contribution is -1.93. The van der Waals surface area contributed by atoms with Crippen molar-refractivity contribution in [3.8, 4) is 5.75 Å². The Hall–Kier alpha value is -1.81. The Morgan fingerprint density at radius 1 is 1.47 bits per heavy atom. The number of rotatable bonds is 3. The van der Waals surface area contributed by atoms with Crippen molar-refractivity contribution in [2.45, 2.75) is 6.92 Å². The normalized spacial score (nSPS) is 8.13. The Kier molecular flexibility index (Phi) is 7.71. The Balaban J connectivity index is 0.000000288. The van der Waals surface area contributed by atoms with Crippen molar-refractivity contribution < 1.29 is 19.4 Å². The summed E-state index contributed by atoms with van der Waals surface area (Å²) in [6.45, 7) is 4.22. The minimum atomic E-state index is -0.329. The Labute approximate surface area is 88.8 Å². The second-order valence-electron chi connectivity index (χ2n) is 2.36. The van der Waals surface area contributed by atoms with Crippen LogP contribution in [0.15, 0.2) is 43.2 Å². The SMILES string of the molecule is C=COC(C)=O.OCOc1ccccc1. The van der Waals surface area contributed by atoms with E-state index in [-0.39, 0.29) is 12.8 Å². The lowest BCUT2D eigenvalue weighted by atomic mass is 10.3. The molecule has 0 unspecified atom stereocenters. The zero-order valence-electron chi connectivity index (χ0n) is 8.55. The fourth-order valence-corrected chi connectivity index (χ4v) is 0.709. The standard InChI is InChI=1S/C7H8O2.C4H6O2/c8-6-9-7-4-2-1-3-5-7;1-3-6-4(2)5/h1-5,8H,6H2;3H,1H2,2H3. The summed E-state index contributed by atoms with van der Waals surface area (Å²) in [6.07, 6.45) is 1.10. The Bertz CT molecular complexity index is 282. The summed E-state index contributed by atoms with van der Waals surface area (Å²) in [5, 5.41) is 8.30. The number of hydrogen-bond acceptors (Lipinski definition) is 4. The number of hydrogen-bond donors (Lipinski definition) is 1. The summed E-state index contributed by atoms with van der Waals surface area (Å²) >= 11 is 0. The summed E-state index contributed by atoms with van der Waals surface area (Å²) in [5.74, 6) is 0.366. The molecule has 0 aliphatic carbocycles. The van der Waals surface area contributed by atoms with E-state index in [9.17, 15) is 4.79 Å². The zero-order chi connectivity index (χ0) is 11.5. The number of aliphatic hydroxyl groups is 1. The van der Waals surface area contributed by atoms with Crippen molar-refractivity contribution in [2.24, 2.45) is 0 Å². The third kappa shape index (κ3) is 8.52. The summed E-state index contributed by atoms with van der Waals surface area (Å²) in [5.41, 5.74) is 0. The molecule has 0 bridgehead atoms. The molecule has 1 N–H and O–H groups in total. The van der Waals surface area contributed by atoms with Crippen LogP contribution in [-0.2, 0) is 9.53 Å². The van der Waals surface area contributed by atoms with E-state index in [1.165, 1.54) is 6.92 Å². The second kappa shape index (κ2) is 8.77. The van der Waals surface area contributed by atoms with Crippen LogP contribution in [0.25, 0.3) is 0 Å². The highest BCUT2D eigenvalue weighted by molar-refractivity contribution is 5.66. The molecule has 1 aromatic rings. The molecule has 0 aromatic heterocycles. The number of aliphatic hydroxyl groups excluding tert-OH is 1. The smallest absolute Gasteiger partial charge is 0.307 e. The maximum atomic E-state index is 9.75. The predicted octanol–water partition coefficient (Wildman–Crippen LogP) is 1.71. The zero-order valence-corrected chi connectivity index (χ0v) is 8.55. The first-order valence-electron chi connectivity index (χ1n) is 4.27. The number of esters is 1. The maximum absolute atomic E-state index is 9.75. The van der Waals surface area contributed by atoms with Crippen molar-refractivity contribution in [1.29, 1.82) is 0 Å². The Morgan fingerprint density at radius 3 is 2.40 bits per heavy atom. The van der Waals surface area contributed by atoms with Crippen LogP contribution >= 0.6 is 0 Å². The molecule has 15 heavy (non-hydrogen) atoms. The topological polar surface area (TPSA) is 55.8 Å². The molecule has 0 amide bonds. The van der Waals surface area contributed by atoms with Gasteiger partial charge in [0.05, 0.1) is 6.26 Å². The third-order valence-corrected chi connectivity index (χ3v) is 1.22. The number of ether oxygens (including phenoxy) is 2. The van der Waals surface area contributed by atoms with Crippen LogP contribution in [0.5, 0.6) is 5.75 Å². The monoisotopic (exact) mass is 210 g/mol. The molecule has 82 valence electrons. The van der Waals surface area contributed by atoms with Gasteiger partial charge >= 0.3 is 5.97 Å². The number of carbonyl (C=O) groups is 1. The highest BCUT2D eigenvalue weighted by Gasteiger charge is 1.84. The predicted molar refractivity (Wildman–Crippen MR) is 56.1 cm³/mol.